The molecular weight excluding hydrogens is 326 g/mol. The Morgan fingerprint density at radius 2 is 2.08 bits per heavy atom. The van der Waals surface area contributed by atoms with Gasteiger partial charge in [-0.1, -0.05) is 29.8 Å². The number of carbonyl (C=O) groups excluding carboxylic acids is 1. The van der Waals surface area contributed by atoms with Gasteiger partial charge in [0.05, 0.1) is 19.1 Å². The Morgan fingerprint density at radius 3 is 2.75 bits per heavy atom. The Morgan fingerprint density at radius 1 is 1.33 bits per heavy atom. The van der Waals surface area contributed by atoms with E-state index in [1.165, 1.54) is 30.3 Å². The van der Waals surface area contributed by atoms with Crippen LogP contribution in [0, 0.1) is 6.92 Å². The number of aliphatic hydroxyl groups excluding tert-OH is 1. The lowest BCUT2D eigenvalue weighted by Gasteiger charge is -2.15. The summed E-state index contributed by atoms with van der Waals surface area (Å²) in [6, 6.07) is 7.29. The molecule has 0 spiro atoms. The third kappa shape index (κ3) is 3.08. The number of fused-ring (bicyclic) bond motifs is 1. The van der Waals surface area contributed by atoms with E-state index in [4.69, 9.17) is 4.74 Å². The monoisotopic (exact) mass is 343 g/mol. The topological polar surface area (TPSA) is 84.3 Å². The Kier molecular flexibility index (Phi) is 4.73. The summed E-state index contributed by atoms with van der Waals surface area (Å²) in [6.07, 6.45) is 1.44. The van der Waals surface area contributed by atoms with E-state index in [1.807, 2.05) is 36.6 Å². The van der Waals surface area contributed by atoms with Crippen LogP contribution >= 0.6 is 11.3 Å². The largest absolute Gasteiger partial charge is 0.467 e. The molecule has 0 amide bonds. The fraction of sp³-hybridized carbons (Fsp3) is 0.235. The van der Waals surface area contributed by atoms with Crippen molar-refractivity contribution < 1.29 is 14.6 Å². The quantitative estimate of drug-likeness (QED) is 0.693. The number of thiophene rings is 1. The Labute approximate surface area is 143 Å². The van der Waals surface area contributed by atoms with Crippen molar-refractivity contribution in [2.75, 3.05) is 19.0 Å². The van der Waals surface area contributed by atoms with E-state index in [1.54, 1.807) is 0 Å². The fourth-order valence-corrected chi connectivity index (χ4v) is 3.33. The Balaban J connectivity index is 2.07. The molecule has 0 saturated heterocycles. The maximum atomic E-state index is 11.7. The van der Waals surface area contributed by atoms with E-state index < -0.39 is 12.0 Å². The molecule has 7 heteroatoms. The van der Waals surface area contributed by atoms with Gasteiger partial charge in [-0.3, -0.25) is 0 Å². The second-order valence-electron chi connectivity index (χ2n) is 5.32. The van der Waals surface area contributed by atoms with Crippen molar-refractivity contribution in [1.29, 1.82) is 0 Å². The third-order valence-corrected chi connectivity index (χ3v) is 4.60. The van der Waals surface area contributed by atoms with Crippen molar-refractivity contribution in [1.82, 2.24) is 9.97 Å². The molecule has 6 nitrogen and oxygen atoms in total. The first-order valence-electron chi connectivity index (χ1n) is 7.38. The van der Waals surface area contributed by atoms with Crippen LogP contribution < -0.4 is 5.32 Å². The molecule has 0 radical (unpaired) electrons. The van der Waals surface area contributed by atoms with Gasteiger partial charge in [-0.2, -0.15) is 0 Å². The number of anilines is 1. The molecule has 0 bridgehead atoms. The summed E-state index contributed by atoms with van der Waals surface area (Å²) in [5, 5.41) is 15.2. The Hall–Kier alpha value is -2.51. The van der Waals surface area contributed by atoms with Gasteiger partial charge in [0.15, 0.2) is 0 Å². The average Bonchev–Trinajstić information content (AvgIpc) is 3.04. The van der Waals surface area contributed by atoms with Crippen LogP contribution in [0.5, 0.6) is 0 Å². The van der Waals surface area contributed by atoms with Crippen LogP contribution in [-0.2, 0) is 9.53 Å². The number of aromatic nitrogens is 2. The standard InChI is InChI=1S/C17H17N3O3S/c1-10-3-5-11(6-4-10)12-8-24-16-14(12)15(18-9-19-16)20-13(7-21)17(22)23-2/h3-6,8-9,13,21H,7H2,1-2H3,(H,18,19,20). The molecular formula is C17H17N3O3S. The zero-order valence-corrected chi connectivity index (χ0v) is 14.1. The fourth-order valence-electron chi connectivity index (χ4n) is 2.42. The van der Waals surface area contributed by atoms with Crippen molar-refractivity contribution in [2.45, 2.75) is 13.0 Å². The van der Waals surface area contributed by atoms with Crippen LogP contribution in [0.15, 0.2) is 36.0 Å². The number of methoxy groups -OCH3 is 1. The lowest BCUT2D eigenvalue weighted by molar-refractivity contribution is -0.142. The van der Waals surface area contributed by atoms with Crippen molar-refractivity contribution in [3.8, 4) is 11.1 Å². The van der Waals surface area contributed by atoms with E-state index in [0.717, 1.165) is 21.3 Å². The van der Waals surface area contributed by atoms with E-state index in [9.17, 15) is 9.90 Å². The number of hydrogen-bond donors (Lipinski definition) is 2. The van der Waals surface area contributed by atoms with Crippen LogP contribution in [0.25, 0.3) is 21.3 Å². The summed E-state index contributed by atoms with van der Waals surface area (Å²) in [5.41, 5.74) is 3.21. The zero-order chi connectivity index (χ0) is 17.1. The molecule has 3 aromatic rings. The molecule has 0 aliphatic rings. The number of benzene rings is 1. The molecule has 24 heavy (non-hydrogen) atoms. The van der Waals surface area contributed by atoms with Gasteiger partial charge in [-0.05, 0) is 12.5 Å². The summed E-state index contributed by atoms with van der Waals surface area (Å²) < 4.78 is 4.69. The average molecular weight is 343 g/mol. The van der Waals surface area contributed by atoms with Gasteiger partial charge in [-0.25, -0.2) is 14.8 Å². The molecule has 124 valence electrons. The summed E-state index contributed by atoms with van der Waals surface area (Å²) in [4.78, 5) is 21.1. The molecule has 0 fully saturated rings. The highest BCUT2D eigenvalue weighted by Crippen LogP contribution is 2.36. The summed E-state index contributed by atoms with van der Waals surface area (Å²) in [7, 11) is 1.28. The first-order chi connectivity index (χ1) is 11.6. The zero-order valence-electron chi connectivity index (χ0n) is 13.3. The Bertz CT molecular complexity index is 861. The number of esters is 1. The number of hydrogen-bond acceptors (Lipinski definition) is 7. The van der Waals surface area contributed by atoms with Crippen molar-refractivity contribution in [3.63, 3.8) is 0 Å². The van der Waals surface area contributed by atoms with E-state index in [0.29, 0.717) is 5.82 Å². The number of ether oxygens (including phenoxy) is 1. The number of nitrogens with one attached hydrogen (secondary N) is 1. The molecule has 0 saturated carbocycles. The van der Waals surface area contributed by atoms with Gasteiger partial charge in [0.2, 0.25) is 0 Å². The molecule has 2 N–H and O–H groups in total. The highest BCUT2D eigenvalue weighted by molar-refractivity contribution is 7.17. The second-order valence-corrected chi connectivity index (χ2v) is 6.18. The first kappa shape index (κ1) is 16.4. The van der Waals surface area contributed by atoms with Crippen LogP contribution in [0.3, 0.4) is 0 Å². The summed E-state index contributed by atoms with van der Waals surface area (Å²) in [6.45, 7) is 1.65. The normalized spacial score (nSPS) is 12.1. The maximum absolute atomic E-state index is 11.7. The third-order valence-electron chi connectivity index (χ3n) is 3.71. The second kappa shape index (κ2) is 6.94. The van der Waals surface area contributed by atoms with E-state index >= 15 is 0 Å². The van der Waals surface area contributed by atoms with Crippen molar-refractivity contribution >= 4 is 33.3 Å². The van der Waals surface area contributed by atoms with Crippen molar-refractivity contribution in [3.05, 3.63) is 41.5 Å². The molecule has 1 aromatic carbocycles. The van der Waals surface area contributed by atoms with Crippen LogP contribution in [0.2, 0.25) is 0 Å². The molecule has 1 unspecified atom stereocenters. The van der Waals surface area contributed by atoms with E-state index in [-0.39, 0.29) is 6.61 Å². The van der Waals surface area contributed by atoms with Crippen molar-refractivity contribution in [2.24, 2.45) is 0 Å². The molecule has 0 aliphatic heterocycles. The molecule has 0 aliphatic carbocycles. The lowest BCUT2D eigenvalue weighted by atomic mass is 10.0. The highest BCUT2D eigenvalue weighted by Gasteiger charge is 2.21. The predicted molar refractivity (Wildman–Crippen MR) is 94.1 cm³/mol. The smallest absolute Gasteiger partial charge is 0.330 e. The number of aryl methyl sites for hydroxylation is 1. The number of nitrogens with zero attached hydrogens (tertiary/aromatic N) is 2. The van der Waals surface area contributed by atoms with Gasteiger partial charge in [0.25, 0.3) is 0 Å². The minimum Gasteiger partial charge on any atom is -0.467 e. The van der Waals surface area contributed by atoms with E-state index in [2.05, 4.69) is 15.3 Å². The van der Waals surface area contributed by atoms with Gasteiger partial charge in [0.1, 0.15) is 23.0 Å². The summed E-state index contributed by atoms with van der Waals surface area (Å²) >= 11 is 1.51. The number of rotatable bonds is 5. The minimum atomic E-state index is -0.876. The van der Waals surface area contributed by atoms with Crippen LogP contribution in [0.4, 0.5) is 5.82 Å². The van der Waals surface area contributed by atoms with Gasteiger partial charge >= 0.3 is 5.97 Å². The molecule has 1 atom stereocenters. The highest BCUT2D eigenvalue weighted by atomic mass is 32.1. The molecule has 2 aromatic heterocycles. The summed E-state index contributed by atoms with van der Waals surface area (Å²) in [5.74, 6) is -0.0438. The SMILES string of the molecule is COC(=O)C(CO)Nc1ncnc2scc(-c3ccc(C)cc3)c12. The molecule has 3 rings (SSSR count). The maximum Gasteiger partial charge on any atom is 0.330 e. The van der Waals surface area contributed by atoms with Gasteiger partial charge in [-0.15, -0.1) is 11.3 Å². The molecule has 2 heterocycles. The predicted octanol–water partition coefficient (Wildman–Crippen LogP) is 2.61. The van der Waals surface area contributed by atoms with Crippen LogP contribution in [0.1, 0.15) is 5.56 Å². The lowest BCUT2D eigenvalue weighted by Crippen LogP contribution is -2.34. The number of carbonyl (C=O) groups is 1. The minimum absolute atomic E-state index is 0.387. The van der Waals surface area contributed by atoms with Gasteiger partial charge in [0, 0.05) is 10.9 Å². The number of aliphatic hydroxyl groups is 1. The van der Waals surface area contributed by atoms with Gasteiger partial charge < -0.3 is 15.2 Å². The van der Waals surface area contributed by atoms with Crippen LogP contribution in [-0.4, -0.2) is 40.8 Å². The first-order valence-corrected chi connectivity index (χ1v) is 8.26.